The lowest BCUT2D eigenvalue weighted by Crippen LogP contribution is -2.39. The maximum Gasteiger partial charge on any atom is 0.0732 e. The minimum atomic E-state index is -1.40. The highest BCUT2D eigenvalue weighted by molar-refractivity contribution is 8.37. The van der Waals surface area contributed by atoms with Crippen LogP contribution in [0.3, 0.4) is 0 Å². The summed E-state index contributed by atoms with van der Waals surface area (Å²) in [5, 5.41) is 11.0. The summed E-state index contributed by atoms with van der Waals surface area (Å²) in [6.45, 7) is 3.55. The first-order valence-corrected chi connectivity index (χ1v) is 13.1. The van der Waals surface area contributed by atoms with Crippen molar-refractivity contribution in [3.05, 3.63) is 101 Å². The van der Waals surface area contributed by atoms with E-state index in [9.17, 15) is 5.11 Å². The lowest BCUT2D eigenvalue weighted by molar-refractivity contribution is 0.234. The molecule has 0 amide bonds. The summed E-state index contributed by atoms with van der Waals surface area (Å²) in [5.41, 5.74) is 2.73. The van der Waals surface area contributed by atoms with Crippen LogP contribution in [0.4, 0.5) is 0 Å². The summed E-state index contributed by atoms with van der Waals surface area (Å²) in [6.07, 6.45) is 5.77. The molecule has 3 aromatic rings. The number of likely N-dealkylation sites (tertiary alicyclic amines) is 1. The van der Waals surface area contributed by atoms with Crippen molar-refractivity contribution in [1.82, 2.24) is 4.90 Å². The molecule has 1 N–H and O–H groups in total. The lowest BCUT2D eigenvalue weighted by Gasteiger charge is -2.49. The molecule has 0 spiro atoms. The summed E-state index contributed by atoms with van der Waals surface area (Å²) in [5.74, 6) is 0. The van der Waals surface area contributed by atoms with Gasteiger partial charge in [-0.2, -0.15) is 10.0 Å². The fourth-order valence-corrected chi connectivity index (χ4v) is 10.2. The number of benzene rings is 3. The van der Waals surface area contributed by atoms with Crippen LogP contribution in [0.15, 0.2) is 99.6 Å². The molecule has 0 aromatic heterocycles. The Morgan fingerprint density at radius 2 is 1.45 bits per heavy atom. The van der Waals surface area contributed by atoms with Crippen molar-refractivity contribution < 1.29 is 5.11 Å². The first-order chi connectivity index (χ1) is 15.3. The second-order valence-electron chi connectivity index (χ2n) is 8.56. The topological polar surface area (TPSA) is 23.5 Å². The minimum absolute atomic E-state index is 0.146. The van der Waals surface area contributed by atoms with Gasteiger partial charge in [0.15, 0.2) is 0 Å². The quantitative estimate of drug-likeness (QED) is 0.522. The highest BCUT2D eigenvalue weighted by atomic mass is 32.3. The van der Waals surface area contributed by atoms with Gasteiger partial charge in [-0.15, -0.1) is 0 Å². The maximum absolute atomic E-state index is 10.5. The Kier molecular flexibility index (Phi) is 5.99. The number of aliphatic hydroxyl groups is 1. The zero-order chi connectivity index (χ0) is 21.1. The van der Waals surface area contributed by atoms with Crippen LogP contribution in [-0.4, -0.2) is 41.5 Å². The average molecular weight is 430 g/mol. The Morgan fingerprint density at radius 3 is 2.16 bits per heavy atom. The van der Waals surface area contributed by atoms with Gasteiger partial charge in [-0.25, -0.2) is 0 Å². The van der Waals surface area contributed by atoms with E-state index in [0.29, 0.717) is 5.25 Å². The second-order valence-corrected chi connectivity index (χ2v) is 12.0. The van der Waals surface area contributed by atoms with Crippen LogP contribution in [0.2, 0.25) is 0 Å². The highest BCUT2D eigenvalue weighted by Gasteiger charge is 2.44. The molecule has 2 aliphatic heterocycles. The molecule has 0 aliphatic carbocycles. The van der Waals surface area contributed by atoms with Crippen LogP contribution in [-0.2, 0) is 6.42 Å². The molecule has 2 aliphatic rings. The standard InChI is InChI=1S/C28H31NOS/c30-22-27-21-24-11-7-8-14-28(24)31(27,25-12-5-2-6-13-25)26-16-19-29(20-17-26)18-15-23-9-3-1-4-10-23/h1-14,21,26,30H,15-20,22H2. The van der Waals surface area contributed by atoms with Crippen LogP contribution in [0.5, 0.6) is 0 Å². The van der Waals surface area contributed by atoms with Crippen molar-refractivity contribution in [1.29, 1.82) is 0 Å². The molecule has 2 heterocycles. The van der Waals surface area contributed by atoms with Crippen LogP contribution < -0.4 is 0 Å². The molecule has 2 nitrogen and oxygen atoms in total. The molecule has 0 bridgehead atoms. The van der Waals surface area contributed by atoms with Gasteiger partial charge in [-0.1, -0.05) is 66.7 Å². The molecule has 1 atom stereocenters. The molecule has 0 saturated carbocycles. The molecular weight excluding hydrogens is 398 g/mol. The van der Waals surface area contributed by atoms with E-state index in [0.717, 1.165) is 26.1 Å². The molecule has 1 saturated heterocycles. The van der Waals surface area contributed by atoms with E-state index in [-0.39, 0.29) is 6.61 Å². The highest BCUT2D eigenvalue weighted by Crippen LogP contribution is 2.76. The Balaban J connectivity index is 1.42. The summed E-state index contributed by atoms with van der Waals surface area (Å²) in [6, 6.07) is 30.7. The van der Waals surface area contributed by atoms with E-state index in [1.165, 1.54) is 38.7 Å². The van der Waals surface area contributed by atoms with Gasteiger partial charge in [-0.3, -0.25) is 0 Å². The smallest absolute Gasteiger partial charge is 0.0732 e. The monoisotopic (exact) mass is 429 g/mol. The number of aliphatic hydroxyl groups excluding tert-OH is 1. The maximum atomic E-state index is 10.5. The molecule has 3 heteroatoms. The van der Waals surface area contributed by atoms with Gasteiger partial charge in [0.05, 0.1) is 6.61 Å². The molecule has 1 unspecified atom stereocenters. The van der Waals surface area contributed by atoms with Gasteiger partial charge in [-0.05, 0) is 72.6 Å². The Morgan fingerprint density at radius 1 is 0.806 bits per heavy atom. The zero-order valence-electron chi connectivity index (χ0n) is 18.0. The minimum Gasteiger partial charge on any atom is -0.391 e. The molecule has 3 aromatic carbocycles. The third-order valence-corrected chi connectivity index (χ3v) is 11.5. The summed E-state index contributed by atoms with van der Waals surface area (Å²) in [4.78, 5) is 6.73. The number of piperidine rings is 1. The first-order valence-electron chi connectivity index (χ1n) is 11.4. The third-order valence-electron chi connectivity index (χ3n) is 6.86. The normalized spacial score (nSPS) is 23.7. The van der Waals surface area contributed by atoms with Gasteiger partial charge in [0.25, 0.3) is 0 Å². The molecule has 31 heavy (non-hydrogen) atoms. The Bertz CT molecular complexity index is 1040. The lowest BCUT2D eigenvalue weighted by atomic mass is 10.1. The molecule has 160 valence electrons. The van der Waals surface area contributed by atoms with E-state index in [1.807, 2.05) is 0 Å². The van der Waals surface area contributed by atoms with E-state index < -0.39 is 10.0 Å². The second kappa shape index (κ2) is 9.04. The fraction of sp³-hybridized carbons (Fsp3) is 0.286. The Hall–Kier alpha value is -2.33. The number of rotatable bonds is 6. The van der Waals surface area contributed by atoms with E-state index in [1.54, 1.807) is 0 Å². The first kappa shape index (κ1) is 20.6. The number of nitrogens with zero attached hydrogens (tertiary/aromatic N) is 1. The van der Waals surface area contributed by atoms with Crippen LogP contribution in [0.25, 0.3) is 6.08 Å². The van der Waals surface area contributed by atoms with Crippen molar-refractivity contribution in [2.24, 2.45) is 0 Å². The summed E-state index contributed by atoms with van der Waals surface area (Å²) >= 11 is 0. The van der Waals surface area contributed by atoms with Gasteiger partial charge in [0, 0.05) is 21.6 Å². The van der Waals surface area contributed by atoms with E-state index in [4.69, 9.17) is 0 Å². The predicted octanol–water partition coefficient (Wildman–Crippen LogP) is 5.96. The van der Waals surface area contributed by atoms with Crippen molar-refractivity contribution in [2.75, 3.05) is 26.2 Å². The van der Waals surface area contributed by atoms with Crippen LogP contribution >= 0.6 is 10.0 Å². The fourth-order valence-electron chi connectivity index (χ4n) is 5.37. The van der Waals surface area contributed by atoms with Gasteiger partial charge in [0.1, 0.15) is 0 Å². The SMILES string of the molecule is OCC1=Cc2ccccc2S1(c1ccccc1)C1CCN(CCc2ccccc2)CC1. The summed E-state index contributed by atoms with van der Waals surface area (Å²) in [7, 11) is -1.40. The number of hydrogen-bond donors (Lipinski definition) is 1. The number of hydrogen-bond acceptors (Lipinski definition) is 2. The number of fused-ring (bicyclic) bond motifs is 1. The predicted molar refractivity (Wildman–Crippen MR) is 132 cm³/mol. The van der Waals surface area contributed by atoms with Crippen LogP contribution in [0.1, 0.15) is 24.0 Å². The Labute approximate surface area is 187 Å². The van der Waals surface area contributed by atoms with Crippen molar-refractivity contribution in [2.45, 2.75) is 34.3 Å². The van der Waals surface area contributed by atoms with E-state index >= 15 is 0 Å². The molecule has 5 rings (SSSR count). The van der Waals surface area contributed by atoms with Crippen molar-refractivity contribution in [3.8, 4) is 0 Å². The summed E-state index contributed by atoms with van der Waals surface area (Å²) < 4.78 is 0. The third kappa shape index (κ3) is 3.76. The molecular formula is C28H31NOS. The van der Waals surface area contributed by atoms with Crippen LogP contribution in [0, 0.1) is 0 Å². The van der Waals surface area contributed by atoms with E-state index in [2.05, 4.69) is 95.9 Å². The zero-order valence-corrected chi connectivity index (χ0v) is 18.8. The van der Waals surface area contributed by atoms with Gasteiger partial charge >= 0.3 is 0 Å². The largest absolute Gasteiger partial charge is 0.391 e. The molecule has 0 radical (unpaired) electrons. The van der Waals surface area contributed by atoms with Gasteiger partial charge in [0.2, 0.25) is 0 Å². The molecule has 1 fully saturated rings. The van der Waals surface area contributed by atoms with Gasteiger partial charge < -0.3 is 10.0 Å². The average Bonchev–Trinajstić information content (AvgIpc) is 3.19. The van der Waals surface area contributed by atoms with Crippen molar-refractivity contribution in [3.63, 3.8) is 0 Å². The van der Waals surface area contributed by atoms with Crippen molar-refractivity contribution >= 4 is 16.1 Å².